The van der Waals surface area contributed by atoms with Gasteiger partial charge in [-0.3, -0.25) is 14.7 Å². The first-order chi connectivity index (χ1) is 19.8. The molecule has 1 spiro atoms. The van der Waals surface area contributed by atoms with Crippen molar-refractivity contribution in [2.75, 3.05) is 25.6 Å². The van der Waals surface area contributed by atoms with Crippen LogP contribution in [0.15, 0.2) is 42.9 Å². The van der Waals surface area contributed by atoms with Gasteiger partial charge in [0.25, 0.3) is 5.91 Å². The largest absolute Gasteiger partial charge is 0.481 e. The summed E-state index contributed by atoms with van der Waals surface area (Å²) < 4.78 is 26.0. The number of fused-ring (bicyclic) bond motifs is 1. The minimum Gasteiger partial charge on any atom is -0.481 e. The molecule has 1 aliphatic heterocycles. The van der Waals surface area contributed by atoms with Crippen molar-refractivity contribution >= 4 is 29.0 Å². The number of nitrogens with zero attached hydrogens (tertiary/aromatic N) is 5. The number of nitrogens with one attached hydrogen (secondary N) is 2. The lowest BCUT2D eigenvalue weighted by molar-refractivity contribution is -0.122. The molecule has 1 aliphatic carbocycles. The van der Waals surface area contributed by atoms with E-state index in [0.29, 0.717) is 41.8 Å². The normalized spacial score (nSPS) is 17.4. The Bertz CT molecular complexity index is 1660. The van der Waals surface area contributed by atoms with Crippen molar-refractivity contribution < 1.29 is 28.2 Å². The standard InChI is InChI=1S/C28H28FN7O5/c1-3-41-27(39)17-4-5-23-22(14-31-36(23)15-17)32-25(37)16-6-9-35(28(12-16)7-8-28)26(38)21-11-20(33-34-21)18-10-24(40-2)30-13-19(18)29/h4-5,10-11,13-16H,3,6-9,12H2,1-2H3,(H,32,37)(H,33,34)/t16-/m0/s1. The van der Waals surface area contributed by atoms with Gasteiger partial charge in [-0.15, -0.1) is 0 Å². The lowest BCUT2D eigenvalue weighted by Gasteiger charge is -2.39. The Morgan fingerprint density at radius 1 is 1.22 bits per heavy atom. The molecule has 6 rings (SSSR count). The minimum atomic E-state index is -0.565. The number of pyridine rings is 2. The number of methoxy groups -OCH3 is 1. The van der Waals surface area contributed by atoms with Gasteiger partial charge < -0.3 is 19.7 Å². The number of carbonyl (C=O) groups is 3. The second-order valence-electron chi connectivity index (χ2n) is 10.3. The van der Waals surface area contributed by atoms with Crippen LogP contribution >= 0.6 is 0 Å². The molecular weight excluding hydrogens is 533 g/mol. The summed E-state index contributed by atoms with van der Waals surface area (Å²) in [6.45, 7) is 2.41. The Morgan fingerprint density at radius 3 is 2.80 bits per heavy atom. The second-order valence-corrected chi connectivity index (χ2v) is 10.3. The number of esters is 1. The number of aromatic nitrogens is 5. The lowest BCUT2D eigenvalue weighted by atomic mass is 9.88. The minimum absolute atomic E-state index is 0.142. The Labute approximate surface area is 233 Å². The van der Waals surface area contributed by atoms with Gasteiger partial charge in [0.05, 0.1) is 48.6 Å². The molecule has 0 aromatic carbocycles. The highest BCUT2D eigenvalue weighted by Crippen LogP contribution is 2.50. The average Bonchev–Trinajstić information content (AvgIpc) is 3.38. The van der Waals surface area contributed by atoms with E-state index in [0.717, 1.165) is 19.0 Å². The molecule has 2 fully saturated rings. The summed E-state index contributed by atoms with van der Waals surface area (Å²) in [6.07, 6.45) is 6.77. The van der Waals surface area contributed by atoms with E-state index >= 15 is 0 Å². The number of piperidine rings is 1. The topological polar surface area (TPSA) is 144 Å². The maximum Gasteiger partial charge on any atom is 0.339 e. The molecule has 0 radical (unpaired) electrons. The first-order valence-corrected chi connectivity index (χ1v) is 13.3. The highest BCUT2D eigenvalue weighted by Gasteiger charge is 2.54. The third-order valence-electron chi connectivity index (χ3n) is 7.75. The van der Waals surface area contributed by atoms with E-state index in [2.05, 4.69) is 25.6 Å². The van der Waals surface area contributed by atoms with Crippen LogP contribution in [-0.2, 0) is 9.53 Å². The van der Waals surface area contributed by atoms with Gasteiger partial charge in [0.1, 0.15) is 0 Å². The lowest BCUT2D eigenvalue weighted by Crippen LogP contribution is -2.50. The maximum atomic E-state index is 14.4. The van der Waals surface area contributed by atoms with Crippen LogP contribution in [0, 0.1) is 11.7 Å². The number of rotatable bonds is 7. The average molecular weight is 562 g/mol. The fourth-order valence-electron chi connectivity index (χ4n) is 5.45. The van der Waals surface area contributed by atoms with Crippen molar-refractivity contribution in [3.05, 3.63) is 59.9 Å². The molecule has 0 bridgehead atoms. The highest BCUT2D eigenvalue weighted by molar-refractivity contribution is 5.98. The summed E-state index contributed by atoms with van der Waals surface area (Å²) in [5, 5.41) is 14.1. The van der Waals surface area contributed by atoms with Crippen molar-refractivity contribution in [2.45, 2.75) is 38.1 Å². The van der Waals surface area contributed by atoms with Crippen LogP contribution in [0.4, 0.5) is 10.1 Å². The molecule has 212 valence electrons. The van der Waals surface area contributed by atoms with Gasteiger partial charge >= 0.3 is 5.97 Å². The van der Waals surface area contributed by atoms with Crippen molar-refractivity contribution in [1.82, 2.24) is 29.7 Å². The van der Waals surface area contributed by atoms with Crippen molar-refractivity contribution in [1.29, 1.82) is 0 Å². The molecule has 2 aliphatic rings. The van der Waals surface area contributed by atoms with Crippen LogP contribution in [0.3, 0.4) is 0 Å². The fourth-order valence-corrected chi connectivity index (χ4v) is 5.45. The van der Waals surface area contributed by atoms with Crippen molar-refractivity contribution in [3.63, 3.8) is 0 Å². The maximum absolute atomic E-state index is 14.4. The van der Waals surface area contributed by atoms with Gasteiger partial charge in [-0.2, -0.15) is 10.2 Å². The number of H-pyrrole nitrogens is 1. The van der Waals surface area contributed by atoms with Gasteiger partial charge in [0.15, 0.2) is 11.5 Å². The van der Waals surface area contributed by atoms with Gasteiger partial charge in [0, 0.05) is 35.8 Å². The highest BCUT2D eigenvalue weighted by atomic mass is 19.1. The van der Waals surface area contributed by atoms with Crippen molar-refractivity contribution in [2.24, 2.45) is 5.92 Å². The second kappa shape index (κ2) is 10.3. The summed E-state index contributed by atoms with van der Waals surface area (Å²) in [5.41, 5.74) is 1.87. The third kappa shape index (κ3) is 4.87. The quantitative estimate of drug-likeness (QED) is 0.327. The molecule has 2 amide bonds. The molecule has 0 unspecified atom stereocenters. The number of halogens is 1. The number of carbonyl (C=O) groups excluding carboxylic acids is 3. The zero-order valence-electron chi connectivity index (χ0n) is 22.5. The predicted octanol–water partition coefficient (Wildman–Crippen LogP) is 3.47. The molecular formula is C28H28FN7O5. The van der Waals surface area contributed by atoms with Crippen LogP contribution < -0.4 is 10.1 Å². The molecule has 2 N–H and O–H groups in total. The number of ether oxygens (including phenoxy) is 2. The zero-order chi connectivity index (χ0) is 28.7. The van der Waals surface area contributed by atoms with Crippen LogP contribution in [0.25, 0.3) is 16.8 Å². The molecule has 41 heavy (non-hydrogen) atoms. The molecule has 1 atom stereocenters. The fraction of sp³-hybridized carbons (Fsp3) is 0.357. The van der Waals surface area contributed by atoms with Gasteiger partial charge in [-0.1, -0.05) is 0 Å². The molecule has 1 saturated carbocycles. The smallest absolute Gasteiger partial charge is 0.339 e. The van der Waals surface area contributed by atoms with E-state index in [1.165, 1.54) is 23.8 Å². The van der Waals surface area contributed by atoms with Crippen LogP contribution in [0.5, 0.6) is 5.88 Å². The van der Waals surface area contributed by atoms with Gasteiger partial charge in [-0.25, -0.2) is 18.7 Å². The molecule has 5 heterocycles. The number of aromatic amines is 1. The number of anilines is 1. The number of likely N-dealkylation sites (tertiary alicyclic amines) is 1. The molecule has 12 nitrogen and oxygen atoms in total. The summed E-state index contributed by atoms with van der Waals surface area (Å²) >= 11 is 0. The van der Waals surface area contributed by atoms with E-state index < -0.39 is 17.3 Å². The summed E-state index contributed by atoms with van der Waals surface area (Å²) in [4.78, 5) is 44.4. The summed E-state index contributed by atoms with van der Waals surface area (Å²) in [6, 6.07) is 6.30. The Hall–Kier alpha value is -4.81. The van der Waals surface area contributed by atoms with E-state index in [1.54, 1.807) is 36.4 Å². The predicted molar refractivity (Wildman–Crippen MR) is 144 cm³/mol. The first kappa shape index (κ1) is 26.4. The zero-order valence-corrected chi connectivity index (χ0v) is 22.5. The molecule has 4 aromatic rings. The monoisotopic (exact) mass is 561 g/mol. The summed E-state index contributed by atoms with van der Waals surface area (Å²) in [7, 11) is 1.44. The van der Waals surface area contributed by atoms with E-state index in [9.17, 15) is 18.8 Å². The third-order valence-corrected chi connectivity index (χ3v) is 7.75. The number of amides is 2. The van der Waals surface area contributed by atoms with E-state index in [1.807, 2.05) is 0 Å². The van der Waals surface area contributed by atoms with Crippen LogP contribution in [-0.4, -0.2) is 73.3 Å². The van der Waals surface area contributed by atoms with Gasteiger partial charge in [0.2, 0.25) is 11.8 Å². The Balaban J connectivity index is 1.13. The Kier molecular flexibility index (Phi) is 6.64. The molecule has 4 aromatic heterocycles. The first-order valence-electron chi connectivity index (χ1n) is 13.3. The molecule has 13 heteroatoms. The number of hydrogen-bond acceptors (Lipinski definition) is 8. The van der Waals surface area contributed by atoms with E-state index in [-0.39, 0.29) is 41.5 Å². The van der Waals surface area contributed by atoms with Crippen molar-refractivity contribution in [3.8, 4) is 17.1 Å². The number of hydrogen-bond donors (Lipinski definition) is 2. The Morgan fingerprint density at radius 2 is 2.05 bits per heavy atom. The molecule has 1 saturated heterocycles. The van der Waals surface area contributed by atoms with Crippen LogP contribution in [0.2, 0.25) is 0 Å². The van der Waals surface area contributed by atoms with Gasteiger partial charge in [-0.05, 0) is 50.8 Å². The van der Waals surface area contributed by atoms with E-state index in [4.69, 9.17) is 9.47 Å². The SMILES string of the molecule is CCOC(=O)c1ccc2c(NC(=O)[C@H]3CCN(C(=O)c4cc(-c5cc(OC)ncc5F)[nH]n4)C4(CC4)C3)cnn2c1. The van der Waals surface area contributed by atoms with Crippen LogP contribution in [0.1, 0.15) is 53.5 Å². The summed E-state index contributed by atoms with van der Waals surface area (Å²) in [5.74, 6) is -1.45.